The molecule has 7 rings (SSSR count). The lowest BCUT2D eigenvalue weighted by molar-refractivity contribution is 0.968. The summed E-state index contributed by atoms with van der Waals surface area (Å²) >= 11 is 0. The predicted molar refractivity (Wildman–Crippen MR) is 230 cm³/mol. The number of hydrogen-bond acceptors (Lipinski definition) is 2. The Morgan fingerprint density at radius 2 is 1.21 bits per heavy atom. The fourth-order valence-electron chi connectivity index (χ4n) is 7.64. The van der Waals surface area contributed by atoms with Gasteiger partial charge in [0.15, 0.2) is 0 Å². The van der Waals surface area contributed by atoms with Gasteiger partial charge in [0.05, 0.1) is 16.9 Å². The van der Waals surface area contributed by atoms with Gasteiger partial charge in [0, 0.05) is 34.9 Å². The van der Waals surface area contributed by atoms with Gasteiger partial charge < -0.3 is 9.80 Å². The van der Waals surface area contributed by atoms with Crippen molar-refractivity contribution in [2.45, 2.75) is 75.3 Å². The number of fused-ring (bicyclic) bond motifs is 3. The molecular formula is C51H50N2. The minimum absolute atomic E-state index is 0.702. The van der Waals surface area contributed by atoms with Crippen LogP contribution in [0.1, 0.15) is 70.3 Å². The van der Waals surface area contributed by atoms with Crippen molar-refractivity contribution in [2.75, 3.05) is 9.80 Å². The maximum atomic E-state index is 6.63. The zero-order valence-electron chi connectivity index (χ0n) is 32.8. The van der Waals surface area contributed by atoms with Crippen LogP contribution in [0.25, 0.3) is 21.5 Å². The summed E-state index contributed by atoms with van der Waals surface area (Å²) in [6.45, 7) is 20.5. The maximum Gasteiger partial charge on any atom is 0.0579 e. The third-order valence-corrected chi connectivity index (χ3v) is 11.6. The second-order valence-electron chi connectivity index (χ2n) is 15.1. The number of hydrogen-bond donors (Lipinski definition) is 0. The van der Waals surface area contributed by atoms with E-state index in [9.17, 15) is 0 Å². The number of terminal acetylenes is 1. The van der Waals surface area contributed by atoms with Crippen LogP contribution in [0.15, 0.2) is 126 Å². The van der Waals surface area contributed by atoms with Crippen LogP contribution in [0.5, 0.6) is 0 Å². The van der Waals surface area contributed by atoms with Gasteiger partial charge in [-0.25, -0.2) is 0 Å². The predicted octanol–water partition coefficient (Wildman–Crippen LogP) is 13.8. The monoisotopic (exact) mass is 690 g/mol. The molecule has 0 aromatic heterocycles. The molecule has 6 aromatic carbocycles. The summed E-state index contributed by atoms with van der Waals surface area (Å²) < 4.78 is 0. The summed E-state index contributed by atoms with van der Waals surface area (Å²) in [4.78, 5) is 4.80. The molecule has 1 aliphatic carbocycles. The summed E-state index contributed by atoms with van der Waals surface area (Å²) in [6, 6.07) is 33.9. The Morgan fingerprint density at radius 1 is 0.604 bits per heavy atom. The third-order valence-electron chi connectivity index (χ3n) is 11.6. The largest absolute Gasteiger partial charge is 0.336 e. The molecule has 1 aliphatic rings. The molecule has 0 amide bonds. The van der Waals surface area contributed by atoms with E-state index < -0.39 is 0 Å². The highest BCUT2D eigenvalue weighted by Gasteiger charge is 2.22. The normalized spacial score (nSPS) is 13.6. The van der Waals surface area contributed by atoms with E-state index in [1.807, 2.05) is 0 Å². The zero-order chi connectivity index (χ0) is 37.6. The minimum atomic E-state index is 0.702. The van der Waals surface area contributed by atoms with Crippen molar-refractivity contribution in [1.82, 2.24) is 0 Å². The number of aryl methyl sites for hydroxylation is 7. The summed E-state index contributed by atoms with van der Waals surface area (Å²) in [5.74, 6) is 3.23. The van der Waals surface area contributed by atoms with Gasteiger partial charge in [0.25, 0.3) is 0 Å². The summed E-state index contributed by atoms with van der Waals surface area (Å²) in [6.07, 6.45) is 14.4. The average molecular weight is 691 g/mol. The van der Waals surface area contributed by atoms with Crippen LogP contribution in [-0.4, -0.2) is 0 Å². The van der Waals surface area contributed by atoms with E-state index in [4.69, 9.17) is 6.42 Å². The van der Waals surface area contributed by atoms with E-state index in [0.29, 0.717) is 6.54 Å². The first-order valence-electron chi connectivity index (χ1n) is 18.7. The van der Waals surface area contributed by atoms with Crippen LogP contribution in [-0.2, 0) is 6.54 Å². The molecule has 0 heterocycles. The fourth-order valence-corrected chi connectivity index (χ4v) is 7.64. The van der Waals surface area contributed by atoms with E-state index in [2.05, 4.69) is 187 Å². The summed E-state index contributed by atoms with van der Waals surface area (Å²) in [7, 11) is 0. The van der Waals surface area contributed by atoms with Gasteiger partial charge in [0.1, 0.15) is 0 Å². The average Bonchev–Trinajstić information content (AvgIpc) is 3.14. The summed E-state index contributed by atoms with van der Waals surface area (Å²) in [5.41, 5.74) is 19.5. The molecule has 6 aromatic rings. The molecule has 0 saturated heterocycles. The first-order valence-corrected chi connectivity index (χ1v) is 18.7. The van der Waals surface area contributed by atoms with E-state index >= 15 is 0 Å². The van der Waals surface area contributed by atoms with E-state index in [-0.39, 0.29) is 0 Å². The van der Waals surface area contributed by atoms with Gasteiger partial charge in [-0.3, -0.25) is 0 Å². The van der Waals surface area contributed by atoms with Crippen molar-refractivity contribution in [3.63, 3.8) is 0 Å². The van der Waals surface area contributed by atoms with Gasteiger partial charge in [-0.2, -0.15) is 0 Å². The molecular weight excluding hydrogens is 641 g/mol. The quantitative estimate of drug-likeness (QED) is 0.122. The molecule has 2 nitrogen and oxygen atoms in total. The molecule has 264 valence electrons. The highest BCUT2D eigenvalue weighted by Crippen LogP contribution is 2.43. The van der Waals surface area contributed by atoms with E-state index in [1.54, 1.807) is 0 Å². The van der Waals surface area contributed by atoms with Crippen LogP contribution in [0.2, 0.25) is 0 Å². The van der Waals surface area contributed by atoms with Crippen LogP contribution in [0, 0.1) is 60.8 Å². The first-order chi connectivity index (χ1) is 25.4. The van der Waals surface area contributed by atoms with Gasteiger partial charge in [-0.1, -0.05) is 72.7 Å². The Balaban J connectivity index is 1.49. The van der Waals surface area contributed by atoms with Crippen LogP contribution >= 0.6 is 0 Å². The molecule has 0 N–H and O–H groups in total. The standard InChI is InChI=1S/C51H50N2/c1-11-46-48(52(44-22-16-33(3)38(8)28-44)30-41-19-15-32(2)37(7)27-41)26-21-42-20-24-47-49(25-18-36(6)50(47)51(42)46)53(45-23-17-34(4)39(9)29-45)31-43-14-12-13-35(5)40(43)10/h1,12-13,15-29,31H,14,30H2,2-10H3/b43-31+. The topological polar surface area (TPSA) is 6.48 Å². The minimum Gasteiger partial charge on any atom is -0.336 e. The van der Waals surface area contributed by atoms with E-state index in [0.717, 1.165) is 45.5 Å². The van der Waals surface area contributed by atoms with Crippen LogP contribution in [0.4, 0.5) is 22.7 Å². The van der Waals surface area contributed by atoms with Crippen molar-refractivity contribution in [1.29, 1.82) is 0 Å². The van der Waals surface area contributed by atoms with Crippen molar-refractivity contribution in [3.8, 4) is 12.3 Å². The molecule has 0 atom stereocenters. The summed E-state index contributed by atoms with van der Waals surface area (Å²) in [5, 5.41) is 4.64. The van der Waals surface area contributed by atoms with Gasteiger partial charge in [-0.15, -0.1) is 6.42 Å². The Kier molecular flexibility index (Phi) is 9.63. The molecule has 0 aliphatic heterocycles. The molecule has 0 unspecified atom stereocenters. The van der Waals surface area contributed by atoms with Crippen molar-refractivity contribution in [2.24, 2.45) is 0 Å². The number of nitrogens with zero attached hydrogens (tertiary/aromatic N) is 2. The number of anilines is 4. The SMILES string of the molecule is C#Cc1c(N(Cc2ccc(C)c(C)c2)c2ccc(C)c(C)c2)ccc2ccc3c(N(/C=C4\CC=CC(C)=C4C)c4ccc(C)c(C)c4)ccc(C)c3c12. The van der Waals surface area contributed by atoms with Gasteiger partial charge >= 0.3 is 0 Å². The molecule has 53 heavy (non-hydrogen) atoms. The molecule has 0 radical (unpaired) electrons. The second kappa shape index (κ2) is 14.3. The smallest absolute Gasteiger partial charge is 0.0579 e. The Bertz CT molecular complexity index is 2570. The van der Waals surface area contributed by atoms with E-state index in [1.165, 1.54) is 72.0 Å². The van der Waals surface area contributed by atoms with Crippen LogP contribution in [0.3, 0.4) is 0 Å². The van der Waals surface area contributed by atoms with Crippen LogP contribution < -0.4 is 9.80 Å². The third kappa shape index (κ3) is 6.69. The Morgan fingerprint density at radius 3 is 1.89 bits per heavy atom. The molecule has 2 heteroatoms. The van der Waals surface area contributed by atoms with Crippen molar-refractivity contribution in [3.05, 3.63) is 176 Å². The molecule has 0 spiro atoms. The first kappa shape index (κ1) is 35.6. The maximum absolute atomic E-state index is 6.63. The van der Waals surface area contributed by atoms with Gasteiger partial charge in [0.2, 0.25) is 0 Å². The molecule has 0 saturated carbocycles. The molecule has 0 fully saturated rings. The van der Waals surface area contributed by atoms with Crippen molar-refractivity contribution >= 4 is 44.3 Å². The zero-order valence-corrected chi connectivity index (χ0v) is 32.8. The second-order valence-corrected chi connectivity index (χ2v) is 15.1. The number of allylic oxidation sites excluding steroid dienone is 5. The Labute approximate surface area is 316 Å². The highest BCUT2D eigenvalue weighted by molar-refractivity contribution is 6.17. The lowest BCUT2D eigenvalue weighted by Gasteiger charge is -2.29. The van der Waals surface area contributed by atoms with Crippen molar-refractivity contribution < 1.29 is 0 Å². The fraction of sp³-hybridized carbons (Fsp3) is 0.216. The van der Waals surface area contributed by atoms with Gasteiger partial charge in [-0.05, 0) is 177 Å². The highest BCUT2D eigenvalue weighted by atomic mass is 15.1. The lowest BCUT2D eigenvalue weighted by Crippen LogP contribution is -2.18. The Hall–Kier alpha value is -5.78. The number of benzene rings is 6. The number of rotatable bonds is 7. The lowest BCUT2D eigenvalue weighted by atomic mass is 9.91. The molecule has 0 bridgehead atoms.